The fourth-order valence-electron chi connectivity index (χ4n) is 3.58. The molecule has 178 valence electrons. The molecule has 0 radical (unpaired) electrons. The van der Waals surface area contributed by atoms with Gasteiger partial charge in [0.05, 0.1) is 15.6 Å². The van der Waals surface area contributed by atoms with E-state index >= 15 is 0 Å². The Kier molecular flexibility index (Phi) is 8.75. The molecule has 0 amide bonds. The molecule has 1 aliphatic heterocycles. The van der Waals surface area contributed by atoms with Crippen LogP contribution in [0.15, 0.2) is 63.4 Å². The van der Waals surface area contributed by atoms with Gasteiger partial charge in [0.1, 0.15) is 0 Å². The van der Waals surface area contributed by atoms with E-state index in [1.54, 1.807) is 24.3 Å². The Labute approximate surface area is 202 Å². The molecule has 6 nitrogen and oxygen atoms in total. The molecule has 0 unspecified atom stereocenters. The smallest absolute Gasteiger partial charge is 0.240 e. The number of nitrogens with one attached hydrogen (secondary N) is 1. The molecule has 0 saturated heterocycles. The molecular weight excluding hydrogens is 454 g/mol. The Hall–Kier alpha value is -2.13. The zero-order valence-corrected chi connectivity index (χ0v) is 21.4. The molecule has 1 heterocycles. The Balaban J connectivity index is 1.73. The summed E-state index contributed by atoms with van der Waals surface area (Å²) in [5.74, 6) is -0.0689. The lowest BCUT2D eigenvalue weighted by atomic mass is 10.1. The third-order valence-electron chi connectivity index (χ3n) is 5.76. The number of anilines is 1. The van der Waals surface area contributed by atoms with E-state index in [0.29, 0.717) is 12.1 Å². The number of benzene rings is 2. The third kappa shape index (κ3) is 6.26. The highest BCUT2D eigenvalue weighted by Gasteiger charge is 2.25. The maximum atomic E-state index is 12.9. The number of sulfonamides is 1. The van der Waals surface area contributed by atoms with Crippen molar-refractivity contribution >= 4 is 33.3 Å². The quantitative estimate of drug-likeness (QED) is 0.277. The number of fused-ring (bicyclic) bond motifs is 1. The van der Waals surface area contributed by atoms with Crippen molar-refractivity contribution in [3.8, 4) is 0 Å². The summed E-state index contributed by atoms with van der Waals surface area (Å²) < 4.78 is 27.8. The summed E-state index contributed by atoms with van der Waals surface area (Å²) in [7, 11) is -1.70. The predicted octanol–water partition coefficient (Wildman–Crippen LogP) is 4.87. The normalized spacial score (nSPS) is 14.8. The van der Waals surface area contributed by atoms with Crippen LogP contribution in [0.5, 0.6) is 0 Å². The van der Waals surface area contributed by atoms with Crippen molar-refractivity contribution in [1.82, 2.24) is 9.62 Å². The second-order valence-corrected chi connectivity index (χ2v) is 10.9. The number of carbonyl (C=O) groups excluding carboxylic acids is 1. The van der Waals surface area contributed by atoms with Crippen LogP contribution in [-0.2, 0) is 16.6 Å². The monoisotopic (exact) mass is 487 g/mol. The van der Waals surface area contributed by atoms with Crippen LogP contribution in [0.1, 0.15) is 49.5 Å². The van der Waals surface area contributed by atoms with Gasteiger partial charge in [0.25, 0.3) is 0 Å². The molecular formula is C25H33N3O3S2. The number of hydrogen-bond acceptors (Lipinski definition) is 6. The number of carbonyl (C=O) groups is 1. The second-order valence-electron chi connectivity index (χ2n) is 8.05. The summed E-state index contributed by atoms with van der Waals surface area (Å²) in [6, 6.07) is 12.9. The summed E-state index contributed by atoms with van der Waals surface area (Å²) in [5.41, 5.74) is 2.61. The number of ketones is 1. The van der Waals surface area contributed by atoms with Crippen molar-refractivity contribution in [3.05, 3.63) is 64.7 Å². The lowest BCUT2D eigenvalue weighted by Crippen LogP contribution is -2.25. The van der Waals surface area contributed by atoms with Gasteiger partial charge in [-0.05, 0) is 43.3 Å². The SMILES string of the molecule is CCCCNS(=O)(=O)c1ccc2c(c1)N(C)/C(=C\C(=O)c1ccc(CN(CC)CC)cc1)S2. The first kappa shape index (κ1) is 25.5. The fourth-order valence-corrected chi connectivity index (χ4v) is 5.74. The first-order valence-electron chi connectivity index (χ1n) is 11.4. The van der Waals surface area contributed by atoms with Gasteiger partial charge in [0, 0.05) is 36.7 Å². The number of rotatable bonds is 11. The first-order valence-corrected chi connectivity index (χ1v) is 13.7. The van der Waals surface area contributed by atoms with Gasteiger partial charge in [-0.1, -0.05) is 63.2 Å². The molecule has 0 aromatic heterocycles. The summed E-state index contributed by atoms with van der Waals surface area (Å²) >= 11 is 1.47. The lowest BCUT2D eigenvalue weighted by Gasteiger charge is -2.18. The van der Waals surface area contributed by atoms with Gasteiger partial charge in [0.15, 0.2) is 5.78 Å². The Morgan fingerprint density at radius 2 is 1.79 bits per heavy atom. The van der Waals surface area contributed by atoms with Crippen molar-refractivity contribution in [3.63, 3.8) is 0 Å². The van der Waals surface area contributed by atoms with E-state index in [1.807, 2.05) is 43.1 Å². The highest BCUT2D eigenvalue weighted by atomic mass is 32.2. The number of allylic oxidation sites excluding steroid dienone is 1. The number of thioether (sulfide) groups is 1. The molecule has 1 N–H and O–H groups in total. The summed E-state index contributed by atoms with van der Waals surface area (Å²) in [4.78, 5) is 18.2. The Morgan fingerprint density at radius 3 is 2.42 bits per heavy atom. The van der Waals surface area contributed by atoms with Crippen LogP contribution in [0.4, 0.5) is 5.69 Å². The van der Waals surface area contributed by atoms with Gasteiger partial charge in [0.2, 0.25) is 10.0 Å². The van der Waals surface area contributed by atoms with Gasteiger partial charge >= 0.3 is 0 Å². The second kappa shape index (κ2) is 11.3. The zero-order chi connectivity index (χ0) is 24.0. The van der Waals surface area contributed by atoms with Crippen molar-refractivity contribution in [1.29, 1.82) is 0 Å². The minimum Gasteiger partial charge on any atom is -0.338 e. The van der Waals surface area contributed by atoms with E-state index in [-0.39, 0.29) is 10.7 Å². The molecule has 33 heavy (non-hydrogen) atoms. The molecule has 8 heteroatoms. The van der Waals surface area contributed by atoms with Crippen LogP contribution in [0.3, 0.4) is 0 Å². The minimum atomic E-state index is -3.55. The van der Waals surface area contributed by atoms with Crippen LogP contribution < -0.4 is 9.62 Å². The zero-order valence-electron chi connectivity index (χ0n) is 19.8. The standard InChI is InChI=1S/C25H33N3O3S2/c1-5-8-15-26-33(30,31)21-13-14-24-22(16-21)27(4)25(32-24)17-23(29)20-11-9-19(10-12-20)18-28(6-2)7-3/h9-14,16-17,26H,5-8,15,18H2,1-4H3/b25-17+. The highest BCUT2D eigenvalue weighted by Crippen LogP contribution is 2.45. The van der Waals surface area contributed by atoms with Crippen LogP contribution in [0.25, 0.3) is 0 Å². The van der Waals surface area contributed by atoms with Crippen molar-refractivity contribution in [2.24, 2.45) is 0 Å². The molecule has 0 bridgehead atoms. The minimum absolute atomic E-state index is 0.0689. The Morgan fingerprint density at radius 1 is 1.09 bits per heavy atom. The van der Waals surface area contributed by atoms with E-state index in [0.717, 1.165) is 48.1 Å². The molecule has 0 spiro atoms. The van der Waals surface area contributed by atoms with Gasteiger partial charge in [-0.15, -0.1) is 0 Å². The van der Waals surface area contributed by atoms with E-state index in [9.17, 15) is 13.2 Å². The van der Waals surface area contributed by atoms with Gasteiger partial charge in [-0.2, -0.15) is 0 Å². The molecule has 1 aliphatic rings. The van der Waals surface area contributed by atoms with Crippen molar-refractivity contribution in [2.75, 3.05) is 31.6 Å². The van der Waals surface area contributed by atoms with Gasteiger partial charge < -0.3 is 4.90 Å². The number of unbranched alkanes of at least 4 members (excludes halogenated alkanes) is 1. The third-order valence-corrected chi connectivity index (χ3v) is 8.39. The molecule has 0 fully saturated rings. The molecule has 2 aromatic carbocycles. The first-order chi connectivity index (χ1) is 15.8. The molecule has 3 rings (SSSR count). The van der Waals surface area contributed by atoms with E-state index < -0.39 is 10.0 Å². The maximum absolute atomic E-state index is 12.9. The topological polar surface area (TPSA) is 69.7 Å². The van der Waals surface area contributed by atoms with E-state index in [2.05, 4.69) is 23.5 Å². The van der Waals surface area contributed by atoms with Crippen LogP contribution >= 0.6 is 11.8 Å². The van der Waals surface area contributed by atoms with Gasteiger partial charge in [-0.3, -0.25) is 9.69 Å². The van der Waals surface area contributed by atoms with Crippen LogP contribution in [-0.4, -0.2) is 45.8 Å². The van der Waals surface area contributed by atoms with Crippen LogP contribution in [0.2, 0.25) is 0 Å². The molecule has 0 aliphatic carbocycles. The number of nitrogens with zero attached hydrogens (tertiary/aromatic N) is 2. The predicted molar refractivity (Wildman–Crippen MR) is 136 cm³/mol. The van der Waals surface area contributed by atoms with Gasteiger partial charge in [-0.25, -0.2) is 13.1 Å². The lowest BCUT2D eigenvalue weighted by molar-refractivity contribution is 0.104. The largest absolute Gasteiger partial charge is 0.338 e. The average Bonchev–Trinajstić information content (AvgIpc) is 3.12. The van der Waals surface area contributed by atoms with Crippen LogP contribution in [0, 0.1) is 0 Å². The summed E-state index contributed by atoms with van der Waals surface area (Å²) in [6.45, 7) is 9.58. The van der Waals surface area contributed by atoms with Crippen molar-refractivity contribution in [2.45, 2.75) is 49.9 Å². The highest BCUT2D eigenvalue weighted by molar-refractivity contribution is 8.03. The summed E-state index contributed by atoms with van der Waals surface area (Å²) in [6.07, 6.45) is 3.34. The fraction of sp³-hybridized carbons (Fsp3) is 0.400. The van der Waals surface area contributed by atoms with E-state index in [1.165, 1.54) is 17.3 Å². The Bertz CT molecular complexity index is 1110. The van der Waals surface area contributed by atoms with Crippen molar-refractivity contribution < 1.29 is 13.2 Å². The molecule has 0 atom stereocenters. The van der Waals surface area contributed by atoms with E-state index in [4.69, 9.17) is 0 Å². The maximum Gasteiger partial charge on any atom is 0.240 e. The number of hydrogen-bond donors (Lipinski definition) is 1. The molecule has 0 saturated carbocycles. The molecule has 2 aromatic rings. The summed E-state index contributed by atoms with van der Waals surface area (Å²) in [5, 5.41) is 0.774. The average molecular weight is 488 g/mol.